The Morgan fingerprint density at radius 3 is 2.40 bits per heavy atom. The standard InChI is InChI=1S/C15H21NO4/c1-10-6-7-12(11(2)8-10)20-9-13(17)16(5)15(3,4)14(18)19/h6-8H,9H2,1-5H3,(H,18,19). The third kappa shape index (κ3) is 3.50. The van der Waals surface area contributed by atoms with Gasteiger partial charge in [-0.25, -0.2) is 4.79 Å². The summed E-state index contributed by atoms with van der Waals surface area (Å²) in [5.74, 6) is -0.803. The molecule has 0 radical (unpaired) electrons. The number of nitrogens with zero attached hydrogens (tertiary/aromatic N) is 1. The molecule has 0 bridgehead atoms. The average Bonchev–Trinajstić information content (AvgIpc) is 2.36. The molecule has 1 aromatic rings. The highest BCUT2D eigenvalue weighted by molar-refractivity contribution is 5.86. The van der Waals surface area contributed by atoms with E-state index >= 15 is 0 Å². The highest BCUT2D eigenvalue weighted by Crippen LogP contribution is 2.19. The van der Waals surface area contributed by atoms with Crippen LogP contribution in [0.25, 0.3) is 0 Å². The maximum absolute atomic E-state index is 12.0. The Bertz CT molecular complexity index is 523. The van der Waals surface area contributed by atoms with E-state index in [2.05, 4.69) is 0 Å². The van der Waals surface area contributed by atoms with Gasteiger partial charge in [-0.3, -0.25) is 4.79 Å². The van der Waals surface area contributed by atoms with E-state index in [9.17, 15) is 9.59 Å². The van der Waals surface area contributed by atoms with E-state index in [0.717, 1.165) is 11.1 Å². The SMILES string of the molecule is Cc1ccc(OCC(=O)N(C)C(C)(C)C(=O)O)c(C)c1. The molecule has 1 amide bonds. The summed E-state index contributed by atoms with van der Waals surface area (Å²) in [7, 11) is 1.46. The van der Waals surface area contributed by atoms with Crippen LogP contribution < -0.4 is 4.74 Å². The van der Waals surface area contributed by atoms with Crippen LogP contribution in [-0.4, -0.2) is 41.1 Å². The molecule has 1 aromatic carbocycles. The first-order valence-corrected chi connectivity index (χ1v) is 6.36. The predicted molar refractivity (Wildman–Crippen MR) is 75.9 cm³/mol. The molecule has 0 aliphatic carbocycles. The van der Waals surface area contributed by atoms with Crippen LogP contribution in [0.15, 0.2) is 18.2 Å². The van der Waals surface area contributed by atoms with Crippen molar-refractivity contribution in [2.45, 2.75) is 33.2 Å². The van der Waals surface area contributed by atoms with E-state index in [1.807, 2.05) is 26.0 Å². The number of hydrogen-bond acceptors (Lipinski definition) is 3. The Morgan fingerprint density at radius 2 is 1.90 bits per heavy atom. The summed E-state index contributed by atoms with van der Waals surface area (Å²) >= 11 is 0. The maximum Gasteiger partial charge on any atom is 0.329 e. The minimum absolute atomic E-state index is 0.183. The molecule has 5 heteroatoms. The normalized spacial score (nSPS) is 11.1. The second-order valence-electron chi connectivity index (χ2n) is 5.37. The number of aryl methyl sites for hydroxylation is 2. The third-order valence-electron chi connectivity index (χ3n) is 3.42. The molecule has 0 atom stereocenters. The Hall–Kier alpha value is -2.04. The van der Waals surface area contributed by atoms with E-state index in [0.29, 0.717) is 5.75 Å². The molecule has 0 aromatic heterocycles. The lowest BCUT2D eigenvalue weighted by Crippen LogP contribution is -2.52. The quantitative estimate of drug-likeness (QED) is 0.895. The summed E-state index contributed by atoms with van der Waals surface area (Å²) in [6, 6.07) is 5.67. The molecule has 0 heterocycles. The fourth-order valence-electron chi connectivity index (χ4n) is 1.65. The van der Waals surface area contributed by atoms with Crippen LogP contribution in [0.1, 0.15) is 25.0 Å². The number of benzene rings is 1. The van der Waals surface area contributed by atoms with Crippen molar-refractivity contribution in [1.29, 1.82) is 0 Å². The van der Waals surface area contributed by atoms with E-state index in [1.165, 1.54) is 25.8 Å². The first kappa shape index (κ1) is 16.0. The first-order valence-electron chi connectivity index (χ1n) is 6.36. The summed E-state index contributed by atoms with van der Waals surface area (Å²) in [5.41, 5.74) is 0.797. The van der Waals surface area contributed by atoms with Gasteiger partial charge in [-0.15, -0.1) is 0 Å². The van der Waals surface area contributed by atoms with Crippen LogP contribution in [0.2, 0.25) is 0 Å². The molecule has 1 N–H and O–H groups in total. The van der Waals surface area contributed by atoms with E-state index in [1.54, 1.807) is 6.07 Å². The molecule has 110 valence electrons. The zero-order chi connectivity index (χ0) is 15.5. The largest absolute Gasteiger partial charge is 0.483 e. The lowest BCUT2D eigenvalue weighted by Gasteiger charge is -2.31. The smallest absolute Gasteiger partial charge is 0.329 e. The molecule has 0 unspecified atom stereocenters. The van der Waals surface area contributed by atoms with Crippen molar-refractivity contribution in [3.8, 4) is 5.75 Å². The summed E-state index contributed by atoms with van der Waals surface area (Å²) in [5, 5.41) is 9.09. The summed E-state index contributed by atoms with van der Waals surface area (Å²) in [6.07, 6.45) is 0. The van der Waals surface area contributed by atoms with Gasteiger partial charge in [0.1, 0.15) is 11.3 Å². The van der Waals surface area contributed by atoms with E-state index < -0.39 is 11.5 Å². The fraction of sp³-hybridized carbons (Fsp3) is 0.467. The number of carboxylic acids is 1. The summed E-state index contributed by atoms with van der Waals surface area (Å²) in [6.45, 7) is 6.65. The van der Waals surface area contributed by atoms with Gasteiger partial charge in [0.05, 0.1) is 0 Å². The number of carbonyl (C=O) groups excluding carboxylic acids is 1. The van der Waals surface area contributed by atoms with Crippen LogP contribution in [0, 0.1) is 13.8 Å². The topological polar surface area (TPSA) is 66.8 Å². The highest BCUT2D eigenvalue weighted by Gasteiger charge is 2.35. The molecule has 0 fully saturated rings. The van der Waals surface area contributed by atoms with Crippen molar-refractivity contribution in [1.82, 2.24) is 4.90 Å². The number of ether oxygens (including phenoxy) is 1. The van der Waals surface area contributed by atoms with Gasteiger partial charge in [-0.1, -0.05) is 17.7 Å². The highest BCUT2D eigenvalue weighted by atomic mass is 16.5. The van der Waals surface area contributed by atoms with Crippen LogP contribution >= 0.6 is 0 Å². The summed E-state index contributed by atoms with van der Waals surface area (Å²) in [4.78, 5) is 24.3. The molecule has 0 aliphatic heterocycles. The number of carboxylic acid groups (broad SMARTS) is 1. The number of hydrogen-bond donors (Lipinski definition) is 1. The van der Waals surface area contributed by atoms with Gasteiger partial charge >= 0.3 is 5.97 Å². The first-order chi connectivity index (χ1) is 9.16. The fourth-order valence-corrected chi connectivity index (χ4v) is 1.65. The van der Waals surface area contributed by atoms with Gasteiger partial charge in [0.2, 0.25) is 0 Å². The van der Waals surface area contributed by atoms with Crippen LogP contribution in [-0.2, 0) is 9.59 Å². The van der Waals surface area contributed by atoms with Crippen LogP contribution in [0.3, 0.4) is 0 Å². The predicted octanol–water partition coefficient (Wildman–Crippen LogP) is 2.00. The van der Waals surface area contributed by atoms with Gasteiger partial charge in [0, 0.05) is 7.05 Å². The molecular weight excluding hydrogens is 258 g/mol. The second kappa shape index (κ2) is 5.94. The van der Waals surface area contributed by atoms with Crippen molar-refractivity contribution < 1.29 is 19.4 Å². The van der Waals surface area contributed by atoms with Crippen molar-refractivity contribution >= 4 is 11.9 Å². The van der Waals surface area contributed by atoms with Gasteiger partial charge in [-0.05, 0) is 39.3 Å². The molecule has 0 aliphatic rings. The van der Waals surface area contributed by atoms with Crippen LogP contribution in [0.4, 0.5) is 0 Å². The lowest BCUT2D eigenvalue weighted by atomic mass is 10.0. The zero-order valence-electron chi connectivity index (χ0n) is 12.6. The van der Waals surface area contributed by atoms with Crippen molar-refractivity contribution in [3.05, 3.63) is 29.3 Å². The third-order valence-corrected chi connectivity index (χ3v) is 3.42. The van der Waals surface area contributed by atoms with E-state index in [-0.39, 0.29) is 12.5 Å². The number of amides is 1. The molecule has 20 heavy (non-hydrogen) atoms. The van der Waals surface area contributed by atoms with E-state index in [4.69, 9.17) is 9.84 Å². The van der Waals surface area contributed by atoms with Crippen molar-refractivity contribution in [3.63, 3.8) is 0 Å². The molecule has 0 saturated carbocycles. The lowest BCUT2D eigenvalue weighted by molar-refractivity contribution is -0.156. The number of carbonyl (C=O) groups is 2. The second-order valence-corrected chi connectivity index (χ2v) is 5.37. The number of rotatable bonds is 5. The molecule has 0 spiro atoms. The Balaban J connectivity index is 2.70. The van der Waals surface area contributed by atoms with Gasteiger partial charge in [0.15, 0.2) is 6.61 Å². The van der Waals surface area contributed by atoms with Crippen molar-refractivity contribution in [2.75, 3.05) is 13.7 Å². The van der Waals surface area contributed by atoms with Gasteiger partial charge in [-0.2, -0.15) is 0 Å². The Morgan fingerprint density at radius 1 is 1.30 bits per heavy atom. The minimum Gasteiger partial charge on any atom is -0.483 e. The van der Waals surface area contributed by atoms with Gasteiger partial charge in [0.25, 0.3) is 5.91 Å². The number of likely N-dealkylation sites (N-methyl/N-ethyl adjacent to an activating group) is 1. The minimum atomic E-state index is -1.26. The maximum atomic E-state index is 12.0. The molecule has 0 saturated heterocycles. The summed E-state index contributed by atoms with van der Waals surface area (Å²) < 4.78 is 5.47. The van der Waals surface area contributed by atoms with Gasteiger partial charge < -0.3 is 14.7 Å². The van der Waals surface area contributed by atoms with Crippen molar-refractivity contribution in [2.24, 2.45) is 0 Å². The zero-order valence-corrected chi connectivity index (χ0v) is 12.6. The van der Waals surface area contributed by atoms with Crippen LogP contribution in [0.5, 0.6) is 5.75 Å². The monoisotopic (exact) mass is 279 g/mol. The Kier molecular flexibility index (Phi) is 4.76. The Labute approximate surface area is 119 Å². The molecule has 5 nitrogen and oxygen atoms in total. The average molecular weight is 279 g/mol. The number of aliphatic carboxylic acids is 1. The molecule has 1 rings (SSSR count). The molecular formula is C15H21NO4.